The summed E-state index contributed by atoms with van der Waals surface area (Å²) in [5.41, 5.74) is 2.08. The van der Waals surface area contributed by atoms with Crippen LogP contribution in [0.15, 0.2) is 24.5 Å². The summed E-state index contributed by atoms with van der Waals surface area (Å²) < 4.78 is 7.79. The fourth-order valence-corrected chi connectivity index (χ4v) is 3.13. The van der Waals surface area contributed by atoms with Crippen LogP contribution in [-0.2, 0) is 13.6 Å². The van der Waals surface area contributed by atoms with E-state index in [-0.39, 0.29) is 6.10 Å². The highest BCUT2D eigenvalue weighted by molar-refractivity contribution is 5.34. The van der Waals surface area contributed by atoms with Crippen molar-refractivity contribution in [1.29, 1.82) is 0 Å². The van der Waals surface area contributed by atoms with Crippen LogP contribution in [0.1, 0.15) is 24.6 Å². The zero-order valence-electron chi connectivity index (χ0n) is 13.9. The second-order valence-corrected chi connectivity index (χ2v) is 6.31. The highest BCUT2D eigenvalue weighted by Crippen LogP contribution is 2.30. The molecule has 0 saturated carbocycles. The number of aromatic nitrogens is 3. The van der Waals surface area contributed by atoms with Gasteiger partial charge >= 0.3 is 0 Å². The van der Waals surface area contributed by atoms with Gasteiger partial charge in [0.25, 0.3) is 0 Å². The molecule has 2 aromatic heterocycles. The molecule has 2 aromatic rings. The molecule has 1 fully saturated rings. The average Bonchev–Trinajstić information content (AvgIpc) is 3.09. The fraction of sp³-hybridized carbons (Fsp3) is 0.529. The molecule has 0 bridgehead atoms. The quantitative estimate of drug-likeness (QED) is 0.915. The second-order valence-electron chi connectivity index (χ2n) is 6.31. The van der Waals surface area contributed by atoms with Crippen LogP contribution < -0.4 is 4.74 Å². The lowest BCUT2D eigenvalue weighted by atomic mass is 10.0. The van der Waals surface area contributed by atoms with Crippen molar-refractivity contribution in [2.75, 3.05) is 13.1 Å². The van der Waals surface area contributed by atoms with Crippen LogP contribution in [0.3, 0.4) is 0 Å². The number of nitrogens with zero attached hydrogens (tertiary/aromatic N) is 4. The van der Waals surface area contributed by atoms with Crippen molar-refractivity contribution < 1.29 is 9.84 Å². The Morgan fingerprint density at radius 3 is 2.96 bits per heavy atom. The minimum atomic E-state index is -0.249. The number of likely N-dealkylation sites (tertiary alicyclic amines) is 1. The van der Waals surface area contributed by atoms with Crippen LogP contribution in [0.2, 0.25) is 0 Å². The van der Waals surface area contributed by atoms with Crippen molar-refractivity contribution >= 4 is 0 Å². The van der Waals surface area contributed by atoms with Crippen molar-refractivity contribution in [3.05, 3.63) is 35.8 Å². The zero-order valence-corrected chi connectivity index (χ0v) is 13.9. The molecule has 0 spiro atoms. The minimum Gasteiger partial charge on any atom is -0.437 e. The maximum Gasteiger partial charge on any atom is 0.222 e. The summed E-state index contributed by atoms with van der Waals surface area (Å²) >= 11 is 0. The van der Waals surface area contributed by atoms with E-state index in [1.165, 1.54) is 0 Å². The van der Waals surface area contributed by atoms with Gasteiger partial charge in [-0.05, 0) is 44.9 Å². The first-order chi connectivity index (χ1) is 11.0. The summed E-state index contributed by atoms with van der Waals surface area (Å²) in [5.74, 6) is 1.82. The molecular weight excluding hydrogens is 292 g/mol. The maximum atomic E-state index is 9.77. The molecular formula is C17H24N4O2. The van der Waals surface area contributed by atoms with Crippen molar-refractivity contribution in [1.82, 2.24) is 19.7 Å². The van der Waals surface area contributed by atoms with Crippen LogP contribution in [0.5, 0.6) is 11.6 Å². The number of aliphatic hydroxyl groups excluding tert-OH is 1. The SMILES string of the molecule is Cc1nn(C)c(Oc2cccnc2)c1CN1CCC(C(C)O)C1. The van der Waals surface area contributed by atoms with Gasteiger partial charge in [-0.25, -0.2) is 4.68 Å². The van der Waals surface area contributed by atoms with Crippen LogP contribution in [0, 0.1) is 12.8 Å². The highest BCUT2D eigenvalue weighted by atomic mass is 16.5. The number of hydrogen-bond acceptors (Lipinski definition) is 5. The van der Waals surface area contributed by atoms with Gasteiger partial charge < -0.3 is 9.84 Å². The second kappa shape index (κ2) is 6.68. The Hall–Kier alpha value is -1.92. The molecule has 124 valence electrons. The first kappa shape index (κ1) is 16.0. The molecule has 0 aliphatic carbocycles. The van der Waals surface area contributed by atoms with Gasteiger partial charge in [-0.15, -0.1) is 0 Å². The van der Waals surface area contributed by atoms with E-state index < -0.39 is 0 Å². The maximum absolute atomic E-state index is 9.77. The molecule has 1 aliphatic rings. The fourth-order valence-electron chi connectivity index (χ4n) is 3.13. The van der Waals surface area contributed by atoms with E-state index in [0.29, 0.717) is 11.7 Å². The van der Waals surface area contributed by atoms with Gasteiger partial charge in [-0.3, -0.25) is 9.88 Å². The Bertz CT molecular complexity index is 654. The molecule has 2 atom stereocenters. The Balaban J connectivity index is 1.77. The summed E-state index contributed by atoms with van der Waals surface area (Å²) in [6.45, 7) is 6.58. The number of aryl methyl sites for hydroxylation is 2. The standard InChI is InChI=1S/C17H24N4O2/c1-12-16(11-21-8-6-14(10-21)13(2)22)17(20(3)19-12)23-15-5-4-7-18-9-15/h4-5,7,9,13-14,22H,6,8,10-11H2,1-3H3. The summed E-state index contributed by atoms with van der Waals surface area (Å²) in [6.07, 6.45) is 4.21. The van der Waals surface area contributed by atoms with E-state index in [0.717, 1.165) is 43.2 Å². The number of hydrogen-bond donors (Lipinski definition) is 1. The number of rotatable bonds is 5. The van der Waals surface area contributed by atoms with E-state index in [4.69, 9.17) is 4.74 Å². The first-order valence-corrected chi connectivity index (χ1v) is 8.05. The van der Waals surface area contributed by atoms with Crippen LogP contribution in [0.4, 0.5) is 0 Å². The third-order valence-electron chi connectivity index (χ3n) is 4.51. The van der Waals surface area contributed by atoms with Gasteiger partial charge in [0.15, 0.2) is 0 Å². The molecule has 0 aromatic carbocycles. The van der Waals surface area contributed by atoms with Gasteiger partial charge in [0.05, 0.1) is 23.6 Å². The summed E-state index contributed by atoms with van der Waals surface area (Å²) in [4.78, 5) is 6.45. The molecule has 1 N–H and O–H groups in total. The van der Waals surface area contributed by atoms with Gasteiger partial charge in [0.2, 0.25) is 5.88 Å². The minimum absolute atomic E-state index is 0.249. The molecule has 23 heavy (non-hydrogen) atoms. The normalized spacial score (nSPS) is 19.9. The Kier molecular flexibility index (Phi) is 4.63. The third kappa shape index (κ3) is 3.54. The molecule has 1 aliphatic heterocycles. The Morgan fingerprint density at radius 2 is 2.30 bits per heavy atom. The molecule has 3 heterocycles. The predicted molar refractivity (Wildman–Crippen MR) is 87.3 cm³/mol. The lowest BCUT2D eigenvalue weighted by Gasteiger charge is -2.18. The van der Waals surface area contributed by atoms with E-state index in [1.54, 1.807) is 17.1 Å². The summed E-state index contributed by atoms with van der Waals surface area (Å²) in [5, 5.41) is 14.3. The zero-order chi connectivity index (χ0) is 16.4. The lowest BCUT2D eigenvalue weighted by molar-refractivity contribution is 0.127. The number of pyridine rings is 1. The van der Waals surface area contributed by atoms with Gasteiger partial charge in [0.1, 0.15) is 5.75 Å². The average molecular weight is 316 g/mol. The van der Waals surface area contributed by atoms with Gasteiger partial charge in [0, 0.05) is 26.3 Å². The topological polar surface area (TPSA) is 63.4 Å². The van der Waals surface area contributed by atoms with Crippen molar-refractivity contribution in [3.8, 4) is 11.6 Å². The third-order valence-corrected chi connectivity index (χ3v) is 4.51. The molecule has 1 saturated heterocycles. The molecule has 6 heteroatoms. The summed E-state index contributed by atoms with van der Waals surface area (Å²) in [7, 11) is 1.89. The van der Waals surface area contributed by atoms with Crippen molar-refractivity contribution in [3.63, 3.8) is 0 Å². The molecule has 2 unspecified atom stereocenters. The van der Waals surface area contributed by atoms with Crippen LogP contribution in [0.25, 0.3) is 0 Å². The Labute approximate surface area is 136 Å². The molecule has 0 amide bonds. The largest absolute Gasteiger partial charge is 0.437 e. The smallest absolute Gasteiger partial charge is 0.222 e. The molecule has 0 radical (unpaired) electrons. The highest BCUT2D eigenvalue weighted by Gasteiger charge is 2.28. The van der Waals surface area contributed by atoms with E-state index in [1.807, 2.05) is 33.0 Å². The predicted octanol–water partition coefficient (Wildman–Crippen LogP) is 2.12. The lowest BCUT2D eigenvalue weighted by Crippen LogP contribution is -2.24. The van der Waals surface area contributed by atoms with Gasteiger partial charge in [-0.2, -0.15) is 5.10 Å². The van der Waals surface area contributed by atoms with E-state index >= 15 is 0 Å². The van der Waals surface area contributed by atoms with Crippen molar-refractivity contribution in [2.24, 2.45) is 13.0 Å². The monoisotopic (exact) mass is 316 g/mol. The number of ether oxygens (including phenoxy) is 1. The van der Waals surface area contributed by atoms with Gasteiger partial charge in [-0.1, -0.05) is 0 Å². The van der Waals surface area contributed by atoms with Crippen molar-refractivity contribution in [2.45, 2.75) is 32.9 Å². The Morgan fingerprint density at radius 1 is 1.48 bits per heavy atom. The first-order valence-electron chi connectivity index (χ1n) is 8.05. The molecule has 6 nitrogen and oxygen atoms in total. The summed E-state index contributed by atoms with van der Waals surface area (Å²) in [6, 6.07) is 3.74. The van der Waals surface area contributed by atoms with E-state index in [9.17, 15) is 5.11 Å². The molecule has 3 rings (SSSR count). The van der Waals surface area contributed by atoms with Crippen LogP contribution >= 0.6 is 0 Å². The van der Waals surface area contributed by atoms with E-state index in [2.05, 4.69) is 15.0 Å². The van der Waals surface area contributed by atoms with Crippen LogP contribution in [-0.4, -0.2) is 44.0 Å². The number of aliphatic hydroxyl groups is 1.